The molecule has 1 heterocycles. The summed E-state index contributed by atoms with van der Waals surface area (Å²) in [6.45, 7) is 2.61. The number of hydrogen-bond acceptors (Lipinski definition) is 4. The highest BCUT2D eigenvalue weighted by Gasteiger charge is 2.07. The van der Waals surface area contributed by atoms with E-state index in [0.717, 1.165) is 11.3 Å². The Morgan fingerprint density at radius 2 is 2.22 bits per heavy atom. The minimum Gasteiger partial charge on any atom is -0.482 e. The summed E-state index contributed by atoms with van der Waals surface area (Å²) in [5.74, 6) is 0.411. The zero-order chi connectivity index (χ0) is 13.0. The summed E-state index contributed by atoms with van der Waals surface area (Å²) in [5.41, 5.74) is 1.65. The molecule has 1 aromatic carbocycles. The largest absolute Gasteiger partial charge is 0.482 e. The van der Waals surface area contributed by atoms with E-state index in [1.807, 2.05) is 20.0 Å². The number of aromatic nitrogens is 1. The van der Waals surface area contributed by atoms with Gasteiger partial charge in [-0.2, -0.15) is 0 Å². The highest BCUT2D eigenvalue weighted by Crippen LogP contribution is 2.19. The molecule has 1 N–H and O–H groups in total. The smallest absolute Gasteiger partial charge is 0.174 e. The first-order chi connectivity index (χ1) is 8.69. The van der Waals surface area contributed by atoms with Crippen LogP contribution >= 0.6 is 0 Å². The number of nitrogens with zero attached hydrogens (tertiary/aromatic N) is 1. The molecule has 0 bridgehead atoms. The first-order valence-electron chi connectivity index (χ1n) is 5.67. The molecule has 0 radical (unpaired) electrons. The summed E-state index contributed by atoms with van der Waals surface area (Å²) >= 11 is 0. The summed E-state index contributed by atoms with van der Waals surface area (Å²) in [4.78, 5) is 0. The average molecular weight is 250 g/mol. The number of rotatable bonds is 5. The van der Waals surface area contributed by atoms with Gasteiger partial charge in [0.05, 0.1) is 5.69 Å². The molecule has 0 fully saturated rings. The summed E-state index contributed by atoms with van der Waals surface area (Å²) < 4.78 is 24.0. The standard InChI is InChI=1S/C13H15FN2O2/c1-9-5-11(18-16-9)8-17-13-4-3-10(7-15-2)6-12(13)14/h3-6,15H,7-8H2,1-2H3. The number of aryl methyl sites for hydroxylation is 1. The van der Waals surface area contributed by atoms with Crippen LogP contribution in [0.5, 0.6) is 5.75 Å². The molecule has 0 saturated carbocycles. The van der Waals surface area contributed by atoms with Gasteiger partial charge in [0.25, 0.3) is 0 Å². The lowest BCUT2D eigenvalue weighted by Crippen LogP contribution is -2.05. The van der Waals surface area contributed by atoms with Crippen LogP contribution < -0.4 is 10.1 Å². The highest BCUT2D eigenvalue weighted by atomic mass is 19.1. The van der Waals surface area contributed by atoms with E-state index >= 15 is 0 Å². The Hall–Kier alpha value is -1.88. The van der Waals surface area contributed by atoms with Gasteiger partial charge in [-0.15, -0.1) is 0 Å². The SMILES string of the molecule is CNCc1ccc(OCc2cc(C)no2)c(F)c1. The number of ether oxygens (including phenoxy) is 1. The fraction of sp³-hybridized carbons (Fsp3) is 0.308. The van der Waals surface area contributed by atoms with Crippen molar-refractivity contribution >= 4 is 0 Å². The third-order valence-electron chi connectivity index (χ3n) is 2.42. The molecule has 4 nitrogen and oxygen atoms in total. The molecule has 5 heteroatoms. The fourth-order valence-electron chi connectivity index (χ4n) is 1.61. The molecule has 0 aliphatic carbocycles. The van der Waals surface area contributed by atoms with Crippen molar-refractivity contribution in [3.8, 4) is 5.75 Å². The average Bonchev–Trinajstić information content (AvgIpc) is 2.74. The molecule has 2 aromatic rings. The van der Waals surface area contributed by atoms with E-state index in [2.05, 4.69) is 10.5 Å². The van der Waals surface area contributed by atoms with Crippen molar-refractivity contribution in [2.24, 2.45) is 0 Å². The van der Waals surface area contributed by atoms with Crippen LogP contribution in [0.15, 0.2) is 28.8 Å². The summed E-state index contributed by atoms with van der Waals surface area (Å²) in [6.07, 6.45) is 0. The van der Waals surface area contributed by atoms with Crippen LogP contribution in [0.25, 0.3) is 0 Å². The minimum atomic E-state index is -0.376. The van der Waals surface area contributed by atoms with Crippen molar-refractivity contribution in [3.05, 3.63) is 47.1 Å². The summed E-state index contributed by atoms with van der Waals surface area (Å²) in [5, 5.41) is 6.69. The highest BCUT2D eigenvalue weighted by molar-refractivity contribution is 5.29. The molecular formula is C13H15FN2O2. The maximum Gasteiger partial charge on any atom is 0.174 e. The maximum atomic E-state index is 13.7. The zero-order valence-electron chi connectivity index (χ0n) is 10.4. The van der Waals surface area contributed by atoms with Crippen LogP contribution in [0.3, 0.4) is 0 Å². The minimum absolute atomic E-state index is 0.170. The molecule has 0 amide bonds. The van der Waals surface area contributed by atoms with Gasteiger partial charge < -0.3 is 14.6 Å². The lowest BCUT2D eigenvalue weighted by atomic mass is 10.2. The van der Waals surface area contributed by atoms with Gasteiger partial charge in [0, 0.05) is 12.6 Å². The second-order valence-corrected chi connectivity index (χ2v) is 4.02. The van der Waals surface area contributed by atoms with Gasteiger partial charge in [0.15, 0.2) is 17.3 Å². The van der Waals surface area contributed by atoms with Crippen LogP contribution in [-0.2, 0) is 13.2 Å². The quantitative estimate of drug-likeness (QED) is 0.885. The molecule has 18 heavy (non-hydrogen) atoms. The van der Waals surface area contributed by atoms with Gasteiger partial charge in [-0.25, -0.2) is 4.39 Å². The Morgan fingerprint density at radius 1 is 1.39 bits per heavy atom. The molecule has 0 spiro atoms. The van der Waals surface area contributed by atoms with E-state index in [1.165, 1.54) is 6.07 Å². The van der Waals surface area contributed by atoms with Crippen molar-refractivity contribution in [2.45, 2.75) is 20.1 Å². The molecule has 0 atom stereocenters. The second-order valence-electron chi connectivity index (χ2n) is 4.02. The van der Waals surface area contributed by atoms with E-state index in [9.17, 15) is 4.39 Å². The van der Waals surface area contributed by atoms with Crippen molar-refractivity contribution < 1.29 is 13.7 Å². The van der Waals surface area contributed by atoms with Gasteiger partial charge in [0.1, 0.15) is 6.61 Å². The first kappa shape index (κ1) is 12.6. The predicted molar refractivity (Wildman–Crippen MR) is 64.7 cm³/mol. The predicted octanol–water partition coefficient (Wildman–Crippen LogP) is 2.42. The van der Waals surface area contributed by atoms with Crippen molar-refractivity contribution in [3.63, 3.8) is 0 Å². The molecule has 2 rings (SSSR count). The molecule has 0 aliphatic rings. The Balaban J connectivity index is 2.01. The van der Waals surface area contributed by atoms with E-state index in [4.69, 9.17) is 9.26 Å². The third-order valence-corrected chi connectivity index (χ3v) is 2.42. The van der Waals surface area contributed by atoms with Crippen molar-refractivity contribution in [1.29, 1.82) is 0 Å². The molecule has 1 aromatic heterocycles. The maximum absolute atomic E-state index is 13.7. The van der Waals surface area contributed by atoms with Gasteiger partial charge >= 0.3 is 0 Å². The molecular weight excluding hydrogens is 235 g/mol. The first-order valence-corrected chi connectivity index (χ1v) is 5.67. The van der Waals surface area contributed by atoms with Crippen LogP contribution in [0.1, 0.15) is 17.0 Å². The monoisotopic (exact) mass is 250 g/mol. The van der Waals surface area contributed by atoms with E-state index < -0.39 is 0 Å². The number of benzene rings is 1. The van der Waals surface area contributed by atoms with E-state index in [0.29, 0.717) is 12.3 Å². The molecule has 0 unspecified atom stereocenters. The van der Waals surface area contributed by atoms with Crippen molar-refractivity contribution in [2.75, 3.05) is 7.05 Å². The zero-order valence-corrected chi connectivity index (χ0v) is 10.4. The number of nitrogens with one attached hydrogen (secondary N) is 1. The topological polar surface area (TPSA) is 47.3 Å². The summed E-state index contributed by atoms with van der Waals surface area (Å²) in [6, 6.07) is 6.65. The Morgan fingerprint density at radius 3 is 2.83 bits per heavy atom. The van der Waals surface area contributed by atoms with Crippen molar-refractivity contribution in [1.82, 2.24) is 10.5 Å². The lowest BCUT2D eigenvalue weighted by molar-refractivity contribution is 0.240. The summed E-state index contributed by atoms with van der Waals surface area (Å²) in [7, 11) is 1.81. The Labute approximate surface area is 105 Å². The molecule has 0 saturated heterocycles. The number of halogens is 1. The van der Waals surface area contributed by atoms with Gasteiger partial charge in [0.2, 0.25) is 0 Å². The van der Waals surface area contributed by atoms with Crippen LogP contribution in [0.2, 0.25) is 0 Å². The Bertz CT molecular complexity index is 525. The van der Waals surface area contributed by atoms with E-state index in [-0.39, 0.29) is 18.2 Å². The van der Waals surface area contributed by atoms with Crippen LogP contribution in [-0.4, -0.2) is 12.2 Å². The molecule has 96 valence electrons. The third kappa shape index (κ3) is 3.07. The van der Waals surface area contributed by atoms with Gasteiger partial charge in [-0.05, 0) is 31.7 Å². The Kier molecular flexibility index (Phi) is 3.94. The van der Waals surface area contributed by atoms with E-state index in [1.54, 1.807) is 12.1 Å². The fourth-order valence-corrected chi connectivity index (χ4v) is 1.61. The lowest BCUT2D eigenvalue weighted by Gasteiger charge is -2.07. The number of hydrogen-bond donors (Lipinski definition) is 1. The second kappa shape index (κ2) is 5.64. The molecule has 0 aliphatic heterocycles. The van der Waals surface area contributed by atoms with Gasteiger partial charge in [-0.1, -0.05) is 11.2 Å². The van der Waals surface area contributed by atoms with Gasteiger partial charge in [-0.3, -0.25) is 0 Å². The van der Waals surface area contributed by atoms with Crippen LogP contribution in [0, 0.1) is 12.7 Å². The normalized spacial score (nSPS) is 10.6. The van der Waals surface area contributed by atoms with Crippen LogP contribution in [0.4, 0.5) is 4.39 Å².